The van der Waals surface area contributed by atoms with Crippen molar-refractivity contribution in [2.45, 2.75) is 11.4 Å². The Morgan fingerprint density at radius 3 is 2.19 bits per heavy atom. The van der Waals surface area contributed by atoms with Crippen LogP contribution in [0.1, 0.15) is 5.56 Å². The van der Waals surface area contributed by atoms with Gasteiger partial charge in [-0.1, -0.05) is 42.5 Å². The van der Waals surface area contributed by atoms with E-state index in [2.05, 4.69) is 0 Å². The molecule has 0 atom stereocenters. The maximum atomic E-state index is 14.2. The van der Waals surface area contributed by atoms with Gasteiger partial charge in [0, 0.05) is 38.8 Å². The van der Waals surface area contributed by atoms with Gasteiger partial charge in [0.25, 0.3) is 0 Å². The predicted molar refractivity (Wildman–Crippen MR) is 139 cm³/mol. The molecule has 0 N–H and O–H groups in total. The monoisotopic (exact) mass is 527 g/mol. The highest BCUT2D eigenvalue weighted by Gasteiger charge is 2.31. The average molecular weight is 528 g/mol. The number of ether oxygens (including phenoxy) is 2. The van der Waals surface area contributed by atoms with Crippen LogP contribution in [-0.4, -0.2) is 70.5 Å². The molecule has 1 amide bonds. The molecule has 0 saturated carbocycles. The van der Waals surface area contributed by atoms with Crippen molar-refractivity contribution in [1.29, 1.82) is 0 Å². The third-order valence-corrected chi connectivity index (χ3v) is 8.12. The Morgan fingerprint density at radius 1 is 0.892 bits per heavy atom. The van der Waals surface area contributed by atoms with Crippen molar-refractivity contribution in [3.05, 3.63) is 84.2 Å². The van der Waals surface area contributed by atoms with Gasteiger partial charge in [-0.25, -0.2) is 12.8 Å². The van der Waals surface area contributed by atoms with Crippen LogP contribution < -0.4 is 14.4 Å². The van der Waals surface area contributed by atoms with Gasteiger partial charge in [-0.15, -0.1) is 0 Å². The molecule has 0 spiro atoms. The number of halogens is 1. The number of amides is 1. The number of hydrogen-bond acceptors (Lipinski definition) is 6. The van der Waals surface area contributed by atoms with E-state index in [9.17, 15) is 17.6 Å². The fraction of sp³-hybridized carbons (Fsp3) is 0.296. The molecule has 0 unspecified atom stereocenters. The molecule has 0 aliphatic carbocycles. The minimum Gasteiger partial charge on any atom is -0.493 e. The molecule has 10 heteroatoms. The Labute approximate surface area is 216 Å². The van der Waals surface area contributed by atoms with Gasteiger partial charge in [0.1, 0.15) is 5.82 Å². The summed E-state index contributed by atoms with van der Waals surface area (Å²) in [5.41, 5.74) is 1.25. The number of rotatable bonds is 9. The van der Waals surface area contributed by atoms with E-state index in [0.717, 1.165) is 5.56 Å². The van der Waals surface area contributed by atoms with Crippen molar-refractivity contribution in [2.24, 2.45) is 0 Å². The molecule has 1 aliphatic heterocycles. The zero-order chi connectivity index (χ0) is 26.4. The topological polar surface area (TPSA) is 79.4 Å². The molecule has 4 rings (SSSR count). The number of methoxy groups -OCH3 is 2. The zero-order valence-corrected chi connectivity index (χ0v) is 21.7. The van der Waals surface area contributed by atoms with Crippen LogP contribution in [0.25, 0.3) is 0 Å². The minimum absolute atomic E-state index is 0.00162. The van der Waals surface area contributed by atoms with Crippen LogP contribution in [-0.2, 0) is 21.4 Å². The smallest absolute Gasteiger partial charge is 0.243 e. The molecule has 1 fully saturated rings. The van der Waals surface area contributed by atoms with Crippen molar-refractivity contribution in [2.75, 3.05) is 51.8 Å². The zero-order valence-electron chi connectivity index (χ0n) is 20.8. The first-order valence-electron chi connectivity index (χ1n) is 11.9. The van der Waals surface area contributed by atoms with E-state index < -0.39 is 10.0 Å². The van der Waals surface area contributed by atoms with E-state index in [1.165, 1.54) is 42.8 Å². The maximum Gasteiger partial charge on any atom is 0.243 e. The van der Waals surface area contributed by atoms with E-state index in [-0.39, 0.29) is 35.5 Å². The van der Waals surface area contributed by atoms with Crippen LogP contribution in [0.15, 0.2) is 77.7 Å². The summed E-state index contributed by atoms with van der Waals surface area (Å²) in [5.74, 6) is 0.0594. The van der Waals surface area contributed by atoms with E-state index in [1.54, 1.807) is 23.1 Å². The molecular weight excluding hydrogens is 497 g/mol. The Balaban J connectivity index is 1.53. The highest BCUT2D eigenvalue weighted by Crippen LogP contribution is 2.31. The predicted octanol–water partition coefficient (Wildman–Crippen LogP) is 3.38. The second-order valence-corrected chi connectivity index (χ2v) is 10.5. The fourth-order valence-corrected chi connectivity index (χ4v) is 5.69. The fourth-order valence-electron chi connectivity index (χ4n) is 4.29. The lowest BCUT2D eigenvalue weighted by molar-refractivity contribution is -0.131. The summed E-state index contributed by atoms with van der Waals surface area (Å²) >= 11 is 0. The second kappa shape index (κ2) is 11.6. The molecule has 1 saturated heterocycles. The van der Waals surface area contributed by atoms with Crippen molar-refractivity contribution >= 4 is 21.6 Å². The van der Waals surface area contributed by atoms with Gasteiger partial charge in [-0.3, -0.25) is 4.79 Å². The number of piperazine rings is 1. The lowest BCUT2D eigenvalue weighted by atomic mass is 10.2. The number of carbonyl (C=O) groups excluding carboxylic acids is 1. The quantitative estimate of drug-likeness (QED) is 0.425. The molecule has 0 bridgehead atoms. The lowest BCUT2D eigenvalue weighted by Gasteiger charge is -2.37. The minimum atomic E-state index is -4.06. The standard InChI is InChI=1S/C27H30FN3O5S/c1-35-25-13-12-22(18-26(25)36-2)37(33,34)31(19-21-8-4-3-5-9-21)20-27(32)30-16-14-29(15-17-30)24-11-7-6-10-23(24)28/h3-13,18H,14-17,19-20H2,1-2H3. The van der Waals surface area contributed by atoms with Crippen molar-refractivity contribution in [3.63, 3.8) is 0 Å². The van der Waals surface area contributed by atoms with Crippen LogP contribution in [0, 0.1) is 5.82 Å². The SMILES string of the molecule is COc1ccc(S(=O)(=O)N(CC(=O)N2CCN(c3ccccc3F)CC2)Cc2ccccc2)cc1OC. The molecule has 3 aromatic rings. The number of para-hydroxylation sites is 1. The van der Waals surface area contributed by atoms with Gasteiger partial charge in [-0.2, -0.15) is 4.31 Å². The molecular formula is C27H30FN3O5S. The summed E-state index contributed by atoms with van der Waals surface area (Å²) in [6.07, 6.45) is 0. The summed E-state index contributed by atoms with van der Waals surface area (Å²) in [7, 11) is -1.16. The van der Waals surface area contributed by atoms with Crippen LogP contribution in [0.3, 0.4) is 0 Å². The molecule has 0 radical (unpaired) electrons. The Kier molecular flexibility index (Phi) is 8.30. The van der Waals surface area contributed by atoms with Crippen molar-refractivity contribution in [3.8, 4) is 11.5 Å². The Morgan fingerprint density at radius 2 is 1.54 bits per heavy atom. The average Bonchev–Trinajstić information content (AvgIpc) is 2.93. The first kappa shape index (κ1) is 26.4. The summed E-state index contributed by atoms with van der Waals surface area (Å²) in [6.45, 7) is 1.33. The van der Waals surface area contributed by atoms with E-state index in [4.69, 9.17) is 9.47 Å². The number of carbonyl (C=O) groups is 1. The summed E-state index contributed by atoms with van der Waals surface area (Å²) in [5, 5.41) is 0. The maximum absolute atomic E-state index is 14.2. The highest BCUT2D eigenvalue weighted by molar-refractivity contribution is 7.89. The Bertz CT molecular complexity index is 1330. The highest BCUT2D eigenvalue weighted by atomic mass is 32.2. The van der Waals surface area contributed by atoms with Gasteiger partial charge in [0.2, 0.25) is 15.9 Å². The molecule has 37 heavy (non-hydrogen) atoms. The van der Waals surface area contributed by atoms with Crippen LogP contribution in [0.4, 0.5) is 10.1 Å². The summed E-state index contributed by atoms with van der Waals surface area (Å²) in [4.78, 5) is 16.8. The lowest BCUT2D eigenvalue weighted by Crippen LogP contribution is -2.52. The number of anilines is 1. The largest absolute Gasteiger partial charge is 0.493 e. The third-order valence-electron chi connectivity index (χ3n) is 6.33. The van der Waals surface area contributed by atoms with Gasteiger partial charge < -0.3 is 19.3 Å². The van der Waals surface area contributed by atoms with E-state index in [0.29, 0.717) is 37.6 Å². The molecule has 1 heterocycles. The van der Waals surface area contributed by atoms with Gasteiger partial charge in [0.15, 0.2) is 11.5 Å². The van der Waals surface area contributed by atoms with Crippen molar-refractivity contribution < 1.29 is 27.1 Å². The number of nitrogens with zero attached hydrogens (tertiary/aromatic N) is 3. The molecule has 3 aromatic carbocycles. The number of hydrogen-bond donors (Lipinski definition) is 0. The first-order valence-corrected chi connectivity index (χ1v) is 13.3. The van der Waals surface area contributed by atoms with Gasteiger partial charge >= 0.3 is 0 Å². The van der Waals surface area contributed by atoms with Gasteiger partial charge in [-0.05, 0) is 29.8 Å². The molecule has 8 nitrogen and oxygen atoms in total. The number of sulfonamides is 1. The third kappa shape index (κ3) is 6.03. The second-order valence-electron chi connectivity index (χ2n) is 8.59. The molecule has 1 aliphatic rings. The molecule has 0 aromatic heterocycles. The van der Waals surface area contributed by atoms with Crippen LogP contribution in [0.2, 0.25) is 0 Å². The van der Waals surface area contributed by atoms with Crippen molar-refractivity contribution in [1.82, 2.24) is 9.21 Å². The summed E-state index contributed by atoms with van der Waals surface area (Å²) in [6, 6.07) is 20.0. The van der Waals surface area contributed by atoms with Crippen LogP contribution >= 0.6 is 0 Å². The Hall–Kier alpha value is -3.63. The normalized spacial score (nSPS) is 14.1. The van der Waals surface area contributed by atoms with Gasteiger partial charge in [0.05, 0.1) is 31.3 Å². The number of benzene rings is 3. The summed E-state index contributed by atoms with van der Waals surface area (Å²) < 4.78 is 53.3. The first-order chi connectivity index (χ1) is 17.8. The molecule has 196 valence electrons. The van der Waals surface area contributed by atoms with Crippen LogP contribution in [0.5, 0.6) is 11.5 Å². The van der Waals surface area contributed by atoms with E-state index >= 15 is 0 Å². The van der Waals surface area contributed by atoms with E-state index in [1.807, 2.05) is 35.2 Å².